The molecule has 2 aliphatic heterocycles. The van der Waals surface area contributed by atoms with E-state index in [1.54, 1.807) is 28.8 Å². The Bertz CT molecular complexity index is 1220. The maximum absolute atomic E-state index is 13.3. The Labute approximate surface area is 191 Å². The molecule has 2 heterocycles. The van der Waals surface area contributed by atoms with Gasteiger partial charge >= 0.3 is 0 Å². The van der Waals surface area contributed by atoms with E-state index >= 15 is 0 Å². The molecule has 1 amide bonds. The van der Waals surface area contributed by atoms with Crippen molar-refractivity contribution < 1.29 is 9.90 Å². The highest BCUT2D eigenvalue weighted by molar-refractivity contribution is 8.03. The normalized spacial score (nSPS) is 15.8. The van der Waals surface area contributed by atoms with Gasteiger partial charge in [0.05, 0.1) is 11.4 Å². The SMILES string of the molecule is Cc1cccc(SC2=C3N=C(Cc4ccccc4)C(=O)N3CN(c3ccc(O)cc3)C2)c1. The summed E-state index contributed by atoms with van der Waals surface area (Å²) in [6.45, 7) is 3.15. The number of nitrogens with zero attached hydrogens (tertiary/aromatic N) is 3. The van der Waals surface area contributed by atoms with Gasteiger partial charge in [-0.3, -0.25) is 9.69 Å². The van der Waals surface area contributed by atoms with Crippen molar-refractivity contribution in [1.82, 2.24) is 4.90 Å². The van der Waals surface area contributed by atoms with Crippen LogP contribution in [-0.2, 0) is 11.2 Å². The third kappa shape index (κ3) is 4.14. The number of carbonyl (C=O) groups is 1. The molecule has 0 atom stereocenters. The molecule has 160 valence electrons. The van der Waals surface area contributed by atoms with Gasteiger partial charge in [-0.1, -0.05) is 59.8 Å². The van der Waals surface area contributed by atoms with E-state index < -0.39 is 0 Å². The van der Waals surface area contributed by atoms with E-state index in [0.29, 0.717) is 25.3 Å². The van der Waals surface area contributed by atoms with Crippen LogP contribution in [0.4, 0.5) is 5.69 Å². The Hall–Kier alpha value is -3.51. The molecule has 3 aromatic rings. The van der Waals surface area contributed by atoms with Crippen molar-refractivity contribution in [3.8, 4) is 5.75 Å². The molecule has 32 heavy (non-hydrogen) atoms. The largest absolute Gasteiger partial charge is 0.508 e. The first-order chi connectivity index (χ1) is 15.6. The van der Waals surface area contributed by atoms with Gasteiger partial charge in [-0.25, -0.2) is 4.99 Å². The van der Waals surface area contributed by atoms with Crippen molar-refractivity contribution in [2.24, 2.45) is 4.99 Å². The first-order valence-electron chi connectivity index (χ1n) is 10.5. The highest BCUT2D eigenvalue weighted by Crippen LogP contribution is 2.38. The van der Waals surface area contributed by atoms with Gasteiger partial charge in [0.25, 0.3) is 5.91 Å². The summed E-state index contributed by atoms with van der Waals surface area (Å²) in [5.41, 5.74) is 3.79. The number of anilines is 1. The van der Waals surface area contributed by atoms with Gasteiger partial charge in [-0.15, -0.1) is 0 Å². The minimum Gasteiger partial charge on any atom is -0.508 e. The van der Waals surface area contributed by atoms with Crippen LogP contribution in [0, 0.1) is 6.92 Å². The van der Waals surface area contributed by atoms with E-state index in [9.17, 15) is 9.90 Å². The fourth-order valence-corrected chi connectivity index (χ4v) is 5.08. The number of amides is 1. The minimum atomic E-state index is -0.0466. The minimum absolute atomic E-state index is 0.0466. The summed E-state index contributed by atoms with van der Waals surface area (Å²) in [7, 11) is 0. The molecule has 0 saturated carbocycles. The lowest BCUT2D eigenvalue weighted by atomic mass is 10.1. The molecule has 2 aliphatic rings. The van der Waals surface area contributed by atoms with E-state index in [1.165, 1.54) is 5.56 Å². The summed E-state index contributed by atoms with van der Waals surface area (Å²) in [5.74, 6) is 0.930. The van der Waals surface area contributed by atoms with Crippen LogP contribution in [0.2, 0.25) is 0 Å². The maximum atomic E-state index is 13.3. The number of hydrogen-bond donors (Lipinski definition) is 1. The van der Waals surface area contributed by atoms with Crippen molar-refractivity contribution >= 4 is 29.1 Å². The monoisotopic (exact) mass is 441 g/mol. The van der Waals surface area contributed by atoms with E-state index in [4.69, 9.17) is 4.99 Å². The van der Waals surface area contributed by atoms with Crippen molar-refractivity contribution in [1.29, 1.82) is 0 Å². The standard InChI is InChI=1S/C26H23N3O2S/c1-18-6-5-9-22(14-18)32-24-16-28(20-10-12-21(30)13-11-20)17-29-25(24)27-23(26(29)31)15-19-7-3-2-4-8-19/h2-14,30H,15-17H2,1H3. The van der Waals surface area contributed by atoms with Crippen LogP contribution in [0.5, 0.6) is 5.75 Å². The molecule has 0 fully saturated rings. The number of phenols is 1. The molecule has 0 bridgehead atoms. The molecule has 0 aromatic heterocycles. The Morgan fingerprint density at radius 1 is 1.00 bits per heavy atom. The predicted octanol–water partition coefficient (Wildman–Crippen LogP) is 4.97. The second-order valence-corrected chi connectivity index (χ2v) is 9.14. The lowest BCUT2D eigenvalue weighted by Crippen LogP contribution is -2.45. The van der Waals surface area contributed by atoms with Crippen LogP contribution in [0.3, 0.4) is 0 Å². The van der Waals surface area contributed by atoms with Crippen LogP contribution in [0.15, 0.2) is 99.5 Å². The second kappa shape index (κ2) is 8.55. The summed E-state index contributed by atoms with van der Waals surface area (Å²) >= 11 is 1.65. The quantitative estimate of drug-likeness (QED) is 0.608. The zero-order valence-electron chi connectivity index (χ0n) is 17.7. The molecule has 0 aliphatic carbocycles. The van der Waals surface area contributed by atoms with Gasteiger partial charge in [0.1, 0.15) is 24.0 Å². The van der Waals surface area contributed by atoms with Gasteiger partial charge in [0.15, 0.2) is 0 Å². The van der Waals surface area contributed by atoms with E-state index in [1.807, 2.05) is 48.5 Å². The molecule has 6 heteroatoms. The van der Waals surface area contributed by atoms with Crippen LogP contribution < -0.4 is 4.90 Å². The second-order valence-electron chi connectivity index (χ2n) is 7.98. The number of rotatable bonds is 5. The molecule has 0 spiro atoms. The van der Waals surface area contributed by atoms with Crippen LogP contribution >= 0.6 is 11.8 Å². The summed E-state index contributed by atoms with van der Waals surface area (Å²) in [6, 6.07) is 25.4. The average Bonchev–Trinajstić information content (AvgIpc) is 3.11. The number of benzene rings is 3. The number of aryl methyl sites for hydroxylation is 1. The molecular weight excluding hydrogens is 418 g/mol. The lowest BCUT2D eigenvalue weighted by Gasteiger charge is -2.35. The molecule has 0 saturated heterocycles. The summed E-state index contributed by atoms with van der Waals surface area (Å²) < 4.78 is 0. The Morgan fingerprint density at radius 2 is 1.78 bits per heavy atom. The number of thioether (sulfide) groups is 1. The van der Waals surface area contributed by atoms with E-state index in [2.05, 4.69) is 30.0 Å². The fraction of sp³-hybridized carbons (Fsp3) is 0.154. The Kier molecular flexibility index (Phi) is 5.45. The van der Waals surface area contributed by atoms with Crippen molar-refractivity contribution in [3.63, 3.8) is 0 Å². The predicted molar refractivity (Wildman–Crippen MR) is 129 cm³/mol. The zero-order chi connectivity index (χ0) is 22.1. The van der Waals surface area contributed by atoms with Gasteiger partial charge in [0, 0.05) is 17.0 Å². The van der Waals surface area contributed by atoms with Crippen LogP contribution in [0.25, 0.3) is 0 Å². The number of carbonyl (C=O) groups excluding carboxylic acids is 1. The third-order valence-corrected chi connectivity index (χ3v) is 6.59. The van der Waals surface area contributed by atoms with Gasteiger partial charge in [-0.2, -0.15) is 0 Å². The smallest absolute Gasteiger partial charge is 0.275 e. The number of aliphatic imine (C=N–C) groups is 1. The molecular formula is C26H23N3O2S. The highest BCUT2D eigenvalue weighted by atomic mass is 32.2. The van der Waals surface area contributed by atoms with Gasteiger partial charge in [-0.05, 0) is 48.9 Å². The van der Waals surface area contributed by atoms with Crippen molar-refractivity contribution in [2.75, 3.05) is 18.1 Å². The van der Waals surface area contributed by atoms with E-state index in [0.717, 1.165) is 26.9 Å². The highest BCUT2D eigenvalue weighted by Gasteiger charge is 2.37. The van der Waals surface area contributed by atoms with E-state index in [-0.39, 0.29) is 11.7 Å². The molecule has 5 nitrogen and oxygen atoms in total. The molecule has 3 aromatic carbocycles. The Balaban J connectivity index is 1.50. The summed E-state index contributed by atoms with van der Waals surface area (Å²) in [5, 5.41) is 9.68. The molecule has 0 radical (unpaired) electrons. The number of hydrogen-bond acceptors (Lipinski definition) is 5. The fourth-order valence-electron chi connectivity index (χ4n) is 3.94. The molecule has 5 rings (SSSR count). The Morgan fingerprint density at radius 3 is 2.53 bits per heavy atom. The maximum Gasteiger partial charge on any atom is 0.275 e. The molecule has 1 N–H and O–H groups in total. The number of aromatic hydroxyl groups is 1. The summed E-state index contributed by atoms with van der Waals surface area (Å²) in [4.78, 5) is 24.2. The first kappa shape index (κ1) is 20.4. The molecule has 0 unspecified atom stereocenters. The van der Waals surface area contributed by atoms with Crippen molar-refractivity contribution in [3.05, 3.63) is 101 Å². The van der Waals surface area contributed by atoms with Crippen LogP contribution in [-0.4, -0.2) is 34.8 Å². The topological polar surface area (TPSA) is 56.1 Å². The first-order valence-corrected chi connectivity index (χ1v) is 11.3. The third-order valence-electron chi connectivity index (χ3n) is 5.54. The van der Waals surface area contributed by atoms with Gasteiger partial charge < -0.3 is 10.0 Å². The summed E-state index contributed by atoms with van der Waals surface area (Å²) in [6.07, 6.45) is 0.515. The number of phenolic OH excluding ortho intramolecular Hbond substituents is 1. The lowest BCUT2D eigenvalue weighted by molar-refractivity contribution is -0.121. The average molecular weight is 442 g/mol. The van der Waals surface area contributed by atoms with Crippen LogP contribution in [0.1, 0.15) is 11.1 Å². The zero-order valence-corrected chi connectivity index (χ0v) is 18.5. The van der Waals surface area contributed by atoms with Gasteiger partial charge in [0.2, 0.25) is 0 Å². The van der Waals surface area contributed by atoms with Crippen molar-refractivity contribution in [2.45, 2.75) is 18.2 Å². The number of fused-ring (bicyclic) bond motifs is 1.